The molecule has 0 radical (unpaired) electrons. The van der Waals surface area contributed by atoms with Crippen LogP contribution in [0.5, 0.6) is 5.75 Å². The van der Waals surface area contributed by atoms with Crippen LogP contribution in [0.3, 0.4) is 0 Å². The van der Waals surface area contributed by atoms with Crippen molar-refractivity contribution in [1.82, 2.24) is 5.32 Å². The van der Waals surface area contributed by atoms with E-state index in [1.165, 1.54) is 6.08 Å². The van der Waals surface area contributed by atoms with Gasteiger partial charge in [-0.3, -0.25) is 4.79 Å². The summed E-state index contributed by atoms with van der Waals surface area (Å²) in [7, 11) is 1.60. The van der Waals surface area contributed by atoms with Gasteiger partial charge < -0.3 is 15.2 Å². The number of aliphatic hydroxyl groups excluding tert-OH is 1. The zero-order valence-corrected chi connectivity index (χ0v) is 11.3. The lowest BCUT2D eigenvalue weighted by atomic mass is 10.1. The molecule has 0 unspecified atom stereocenters. The van der Waals surface area contributed by atoms with Crippen molar-refractivity contribution in [2.24, 2.45) is 0 Å². The van der Waals surface area contributed by atoms with Crippen LogP contribution in [0.4, 0.5) is 0 Å². The molecule has 0 aromatic heterocycles. The van der Waals surface area contributed by atoms with Crippen LogP contribution in [-0.2, 0) is 4.79 Å². The summed E-state index contributed by atoms with van der Waals surface area (Å²) in [5, 5.41) is 12.0. The normalized spacial score (nSPS) is 16.4. The maximum absolute atomic E-state index is 11.8. The summed E-state index contributed by atoms with van der Waals surface area (Å²) < 4.78 is 5.24. The van der Waals surface area contributed by atoms with Crippen LogP contribution < -0.4 is 10.1 Å². The van der Waals surface area contributed by atoms with Crippen molar-refractivity contribution < 1.29 is 14.6 Å². The molecule has 1 saturated carbocycles. The number of ether oxygens (including phenoxy) is 1. The van der Waals surface area contributed by atoms with Gasteiger partial charge in [0.25, 0.3) is 0 Å². The Morgan fingerprint density at radius 1 is 1.53 bits per heavy atom. The third kappa shape index (κ3) is 3.35. The minimum atomic E-state index is -0.377. The molecule has 102 valence electrons. The average molecular weight is 261 g/mol. The van der Waals surface area contributed by atoms with E-state index in [0.717, 1.165) is 29.7 Å². The fourth-order valence-electron chi connectivity index (χ4n) is 1.93. The molecule has 1 aliphatic rings. The van der Waals surface area contributed by atoms with Gasteiger partial charge in [0.1, 0.15) is 5.75 Å². The lowest BCUT2D eigenvalue weighted by molar-refractivity contribution is -0.117. The Bertz CT molecular complexity index is 504. The molecule has 0 aliphatic heterocycles. The van der Waals surface area contributed by atoms with Gasteiger partial charge in [0.15, 0.2) is 0 Å². The van der Waals surface area contributed by atoms with Crippen LogP contribution in [0.15, 0.2) is 24.3 Å². The number of methoxy groups -OCH3 is 1. The largest absolute Gasteiger partial charge is 0.496 e. The first-order valence-electron chi connectivity index (χ1n) is 6.34. The molecule has 0 atom stereocenters. The number of nitrogens with one attached hydrogen (secondary N) is 1. The van der Waals surface area contributed by atoms with Crippen molar-refractivity contribution in [2.45, 2.75) is 25.3 Å². The smallest absolute Gasteiger partial charge is 0.244 e. The molecule has 4 heteroatoms. The molecule has 1 fully saturated rings. The highest BCUT2D eigenvalue weighted by Crippen LogP contribution is 2.34. The van der Waals surface area contributed by atoms with Gasteiger partial charge in [0, 0.05) is 11.6 Å². The number of hydrogen-bond acceptors (Lipinski definition) is 3. The maximum Gasteiger partial charge on any atom is 0.244 e. The highest BCUT2D eigenvalue weighted by Gasteiger charge is 2.42. The van der Waals surface area contributed by atoms with E-state index < -0.39 is 0 Å². The fraction of sp³-hybridized carbons (Fsp3) is 0.400. The quantitative estimate of drug-likeness (QED) is 0.792. The van der Waals surface area contributed by atoms with Crippen LogP contribution in [-0.4, -0.2) is 30.3 Å². The number of aryl methyl sites for hydroxylation is 1. The van der Waals surface area contributed by atoms with Crippen LogP contribution in [0.1, 0.15) is 24.0 Å². The zero-order valence-electron chi connectivity index (χ0n) is 11.3. The van der Waals surface area contributed by atoms with Crippen LogP contribution in [0.25, 0.3) is 6.08 Å². The second kappa shape index (κ2) is 5.45. The van der Waals surface area contributed by atoms with E-state index in [1.807, 2.05) is 25.1 Å². The third-order valence-corrected chi connectivity index (χ3v) is 3.34. The molecule has 2 N–H and O–H groups in total. The Kier molecular flexibility index (Phi) is 3.90. The van der Waals surface area contributed by atoms with Crippen molar-refractivity contribution in [3.63, 3.8) is 0 Å². The highest BCUT2D eigenvalue weighted by molar-refractivity contribution is 5.92. The number of hydrogen-bond donors (Lipinski definition) is 2. The summed E-state index contributed by atoms with van der Waals surface area (Å²) in [6.07, 6.45) is 4.90. The van der Waals surface area contributed by atoms with E-state index in [0.29, 0.717) is 0 Å². The van der Waals surface area contributed by atoms with Gasteiger partial charge in [-0.1, -0.05) is 11.6 Å². The number of benzene rings is 1. The van der Waals surface area contributed by atoms with Crippen molar-refractivity contribution in [1.29, 1.82) is 0 Å². The van der Waals surface area contributed by atoms with E-state index in [1.54, 1.807) is 13.2 Å². The second-order valence-corrected chi connectivity index (χ2v) is 5.01. The molecule has 1 aromatic rings. The average Bonchev–Trinajstić information content (AvgIpc) is 3.17. The van der Waals surface area contributed by atoms with Crippen molar-refractivity contribution in [2.75, 3.05) is 13.7 Å². The monoisotopic (exact) mass is 261 g/mol. The van der Waals surface area contributed by atoms with Crippen LogP contribution in [0.2, 0.25) is 0 Å². The standard InChI is InChI=1S/C15H19NO3/c1-11-3-5-13(19-2)12(9-11)4-6-14(18)16-15(10-17)7-8-15/h3-6,9,17H,7-8,10H2,1-2H3,(H,16,18)/b6-4+. The number of carbonyl (C=O) groups excluding carboxylic acids is 1. The number of aliphatic hydroxyl groups is 1. The Morgan fingerprint density at radius 2 is 2.26 bits per heavy atom. The first kappa shape index (κ1) is 13.6. The topological polar surface area (TPSA) is 58.6 Å². The van der Waals surface area contributed by atoms with Gasteiger partial charge in [-0.05, 0) is 38.0 Å². The summed E-state index contributed by atoms with van der Waals surface area (Å²) in [6, 6.07) is 5.80. The van der Waals surface area contributed by atoms with Crippen molar-refractivity contribution in [3.8, 4) is 5.75 Å². The van der Waals surface area contributed by atoms with Gasteiger partial charge in [-0.2, -0.15) is 0 Å². The molecule has 0 saturated heterocycles. The molecule has 1 aromatic carbocycles. The predicted molar refractivity (Wildman–Crippen MR) is 74.0 cm³/mol. The highest BCUT2D eigenvalue weighted by atomic mass is 16.5. The molecule has 1 amide bonds. The lowest BCUT2D eigenvalue weighted by Crippen LogP contribution is -2.38. The van der Waals surface area contributed by atoms with E-state index in [2.05, 4.69) is 5.32 Å². The van der Waals surface area contributed by atoms with Gasteiger partial charge in [-0.15, -0.1) is 0 Å². The Hall–Kier alpha value is -1.81. The van der Waals surface area contributed by atoms with Gasteiger partial charge in [0.2, 0.25) is 5.91 Å². The number of carbonyl (C=O) groups is 1. The lowest BCUT2D eigenvalue weighted by Gasteiger charge is -2.12. The minimum absolute atomic E-state index is 0.000343. The molecule has 4 nitrogen and oxygen atoms in total. The summed E-state index contributed by atoms with van der Waals surface area (Å²) in [5.74, 6) is 0.549. The molecule has 1 aliphatic carbocycles. The maximum atomic E-state index is 11.8. The molecule has 0 heterocycles. The Labute approximate surface area is 113 Å². The van der Waals surface area contributed by atoms with Crippen molar-refractivity contribution in [3.05, 3.63) is 35.4 Å². The second-order valence-electron chi connectivity index (χ2n) is 5.01. The zero-order chi connectivity index (χ0) is 13.9. The number of amides is 1. The van der Waals surface area contributed by atoms with E-state index in [4.69, 9.17) is 9.84 Å². The fourth-order valence-corrected chi connectivity index (χ4v) is 1.93. The van der Waals surface area contributed by atoms with Gasteiger partial charge in [0.05, 0.1) is 19.3 Å². The molecule has 0 spiro atoms. The third-order valence-electron chi connectivity index (χ3n) is 3.34. The molecular formula is C15H19NO3. The SMILES string of the molecule is COc1ccc(C)cc1/C=C/C(=O)NC1(CO)CC1. The summed E-state index contributed by atoms with van der Waals surface area (Å²) in [6.45, 7) is 1.99. The number of rotatable bonds is 5. The first-order chi connectivity index (χ1) is 9.08. The molecular weight excluding hydrogens is 242 g/mol. The van der Waals surface area contributed by atoms with E-state index in [-0.39, 0.29) is 18.1 Å². The van der Waals surface area contributed by atoms with Gasteiger partial charge >= 0.3 is 0 Å². The summed E-state index contributed by atoms with van der Waals surface area (Å²) in [4.78, 5) is 11.8. The van der Waals surface area contributed by atoms with E-state index in [9.17, 15) is 4.79 Å². The van der Waals surface area contributed by atoms with Crippen molar-refractivity contribution >= 4 is 12.0 Å². The molecule has 2 rings (SSSR count). The summed E-state index contributed by atoms with van der Waals surface area (Å²) in [5.41, 5.74) is 1.60. The van der Waals surface area contributed by atoms with E-state index >= 15 is 0 Å². The first-order valence-corrected chi connectivity index (χ1v) is 6.34. The Balaban J connectivity index is 2.05. The predicted octanol–water partition coefficient (Wildman–Crippen LogP) is 1.66. The summed E-state index contributed by atoms with van der Waals surface area (Å²) >= 11 is 0. The van der Waals surface area contributed by atoms with Crippen LogP contribution in [0, 0.1) is 6.92 Å². The minimum Gasteiger partial charge on any atom is -0.496 e. The molecule has 0 bridgehead atoms. The molecule has 19 heavy (non-hydrogen) atoms. The van der Waals surface area contributed by atoms with Gasteiger partial charge in [-0.25, -0.2) is 0 Å². The Morgan fingerprint density at radius 3 is 2.84 bits per heavy atom. The van der Waals surface area contributed by atoms with Crippen LogP contribution >= 0.6 is 0 Å².